The van der Waals surface area contributed by atoms with Crippen molar-refractivity contribution in [2.45, 2.75) is 25.3 Å². The molecule has 1 aliphatic rings. The number of pyridine rings is 1. The van der Waals surface area contributed by atoms with E-state index in [1.54, 1.807) is 19.3 Å². The maximum absolute atomic E-state index is 13.7. The zero-order valence-corrected chi connectivity index (χ0v) is 15.4. The van der Waals surface area contributed by atoms with Crippen molar-refractivity contribution in [1.29, 1.82) is 0 Å². The van der Waals surface area contributed by atoms with Gasteiger partial charge in [0.05, 0.1) is 0 Å². The van der Waals surface area contributed by atoms with Crippen molar-refractivity contribution >= 4 is 22.6 Å². The number of nitrogens with zero attached hydrogens (tertiary/aromatic N) is 1. The highest BCUT2D eigenvalue weighted by molar-refractivity contribution is 5.96. The van der Waals surface area contributed by atoms with Gasteiger partial charge in [0, 0.05) is 35.9 Å². The summed E-state index contributed by atoms with van der Waals surface area (Å²) in [5, 5.41) is 16.5. The fraction of sp³-hybridized carbons (Fsp3) is 0.238. The molecule has 0 saturated carbocycles. The van der Waals surface area contributed by atoms with Crippen molar-refractivity contribution in [2.75, 3.05) is 7.05 Å². The molecule has 144 valence electrons. The van der Waals surface area contributed by atoms with Crippen LogP contribution in [-0.4, -0.2) is 34.2 Å². The van der Waals surface area contributed by atoms with Crippen molar-refractivity contribution in [1.82, 2.24) is 20.6 Å². The molecule has 2 amide bonds. The predicted molar refractivity (Wildman–Crippen MR) is 106 cm³/mol. The molecule has 1 unspecified atom stereocenters. The molecule has 0 saturated heterocycles. The number of benzene rings is 1. The van der Waals surface area contributed by atoms with Crippen LogP contribution >= 0.6 is 0 Å². The summed E-state index contributed by atoms with van der Waals surface area (Å²) in [6, 6.07) is 7.62. The molecule has 0 fully saturated rings. The van der Waals surface area contributed by atoms with Crippen LogP contribution in [0.25, 0.3) is 27.7 Å². The Labute approximate surface area is 161 Å². The Bertz CT molecular complexity index is 1070. The lowest BCUT2D eigenvalue weighted by molar-refractivity contribution is 0.238. The van der Waals surface area contributed by atoms with Crippen molar-refractivity contribution in [3.63, 3.8) is 0 Å². The second-order valence-corrected chi connectivity index (χ2v) is 6.89. The molecule has 1 aliphatic carbocycles. The fourth-order valence-corrected chi connectivity index (χ4v) is 3.63. The van der Waals surface area contributed by atoms with Crippen LogP contribution in [0.2, 0.25) is 0 Å². The number of phenols is 1. The van der Waals surface area contributed by atoms with E-state index in [0.29, 0.717) is 11.2 Å². The summed E-state index contributed by atoms with van der Waals surface area (Å²) in [5.74, 6) is -0.380. The smallest absolute Gasteiger partial charge is 0.314 e. The summed E-state index contributed by atoms with van der Waals surface area (Å²) in [6.07, 6.45) is 6.18. The van der Waals surface area contributed by atoms with E-state index in [-0.39, 0.29) is 17.8 Å². The fourth-order valence-electron chi connectivity index (χ4n) is 3.63. The van der Waals surface area contributed by atoms with E-state index in [1.807, 2.05) is 6.07 Å². The number of halogens is 1. The Morgan fingerprint density at radius 1 is 1.29 bits per heavy atom. The number of rotatable bonds is 3. The first-order valence-corrected chi connectivity index (χ1v) is 9.19. The number of hydrogen-bond donors (Lipinski definition) is 4. The molecule has 0 spiro atoms. The minimum absolute atomic E-state index is 0.0247. The molecule has 1 aromatic carbocycles. The van der Waals surface area contributed by atoms with Crippen LogP contribution in [0, 0.1) is 5.82 Å². The Hall–Kier alpha value is -3.35. The largest absolute Gasteiger partial charge is 0.507 e. The van der Waals surface area contributed by atoms with E-state index in [1.165, 1.54) is 18.2 Å². The van der Waals surface area contributed by atoms with Gasteiger partial charge in [-0.05, 0) is 60.7 Å². The topological polar surface area (TPSA) is 90.0 Å². The van der Waals surface area contributed by atoms with Gasteiger partial charge < -0.3 is 20.7 Å². The molecule has 28 heavy (non-hydrogen) atoms. The average Bonchev–Trinajstić information content (AvgIpc) is 3.14. The van der Waals surface area contributed by atoms with E-state index in [4.69, 9.17) is 0 Å². The number of fused-ring (bicyclic) bond motifs is 1. The van der Waals surface area contributed by atoms with Crippen LogP contribution < -0.4 is 10.6 Å². The second kappa shape index (κ2) is 7.34. The first kappa shape index (κ1) is 18.0. The Kier molecular flexibility index (Phi) is 4.73. The zero-order valence-electron chi connectivity index (χ0n) is 15.4. The van der Waals surface area contributed by atoms with E-state index < -0.39 is 5.82 Å². The van der Waals surface area contributed by atoms with E-state index in [2.05, 4.69) is 26.7 Å². The van der Waals surface area contributed by atoms with Gasteiger partial charge in [0.2, 0.25) is 0 Å². The van der Waals surface area contributed by atoms with Crippen molar-refractivity contribution in [3.05, 3.63) is 54.1 Å². The van der Waals surface area contributed by atoms with Crippen LogP contribution in [-0.2, 0) is 0 Å². The van der Waals surface area contributed by atoms with Gasteiger partial charge in [0.15, 0.2) is 0 Å². The molecular formula is C21H21FN4O2. The van der Waals surface area contributed by atoms with Gasteiger partial charge in [-0.1, -0.05) is 6.08 Å². The van der Waals surface area contributed by atoms with Gasteiger partial charge in [-0.25, -0.2) is 14.2 Å². The van der Waals surface area contributed by atoms with Crippen LogP contribution in [0.3, 0.4) is 0 Å². The number of phenolic OH excluding ortho intramolecular Hbond substituents is 1. The Balaban J connectivity index is 1.66. The van der Waals surface area contributed by atoms with Crippen molar-refractivity contribution < 1.29 is 14.3 Å². The standard InChI is InChI=1S/C21H21FN4O2/c1-23-21(28)25-14-5-2-12(3-6-14)18-11-17-15(8-9-24-20(17)26-18)16-10-13(22)4-7-19(16)27/h2,4,7-11,14,27H,3,5-6H2,1H3,(H,24,26)(H2,23,25,28). The number of aromatic nitrogens is 2. The normalized spacial score (nSPS) is 16.6. The number of carbonyl (C=O) groups excluding carboxylic acids is 1. The third kappa shape index (κ3) is 3.43. The number of urea groups is 1. The molecule has 1 atom stereocenters. The second-order valence-electron chi connectivity index (χ2n) is 6.89. The molecule has 2 aromatic heterocycles. The molecule has 4 N–H and O–H groups in total. The van der Waals surface area contributed by atoms with Gasteiger partial charge in [-0.2, -0.15) is 0 Å². The summed E-state index contributed by atoms with van der Waals surface area (Å²) in [6.45, 7) is 0. The van der Waals surface area contributed by atoms with Crippen LogP contribution in [0.1, 0.15) is 25.0 Å². The number of carbonyl (C=O) groups is 1. The van der Waals surface area contributed by atoms with Crippen molar-refractivity contribution in [2.24, 2.45) is 0 Å². The minimum Gasteiger partial charge on any atom is -0.507 e. The summed E-state index contributed by atoms with van der Waals surface area (Å²) in [5.41, 5.74) is 3.94. The van der Waals surface area contributed by atoms with Gasteiger partial charge >= 0.3 is 6.03 Å². The van der Waals surface area contributed by atoms with Gasteiger partial charge in [-0.3, -0.25) is 0 Å². The monoisotopic (exact) mass is 380 g/mol. The lowest BCUT2D eigenvalue weighted by Gasteiger charge is -2.22. The number of hydrogen-bond acceptors (Lipinski definition) is 3. The predicted octanol–water partition coefficient (Wildman–Crippen LogP) is 3.94. The molecule has 3 aromatic rings. The van der Waals surface area contributed by atoms with E-state index in [0.717, 1.165) is 41.5 Å². The van der Waals surface area contributed by atoms with Gasteiger partial charge in [0.1, 0.15) is 17.2 Å². The SMILES string of the molecule is CNC(=O)NC1CC=C(c2cc3c(-c4cc(F)ccc4O)ccnc3[nH]2)CC1. The highest BCUT2D eigenvalue weighted by Crippen LogP contribution is 2.36. The first-order valence-electron chi connectivity index (χ1n) is 9.19. The van der Waals surface area contributed by atoms with Gasteiger partial charge in [-0.15, -0.1) is 0 Å². The van der Waals surface area contributed by atoms with Crippen LogP contribution in [0.5, 0.6) is 5.75 Å². The number of nitrogens with one attached hydrogen (secondary N) is 3. The van der Waals surface area contributed by atoms with E-state index in [9.17, 15) is 14.3 Å². The molecule has 4 rings (SSSR count). The van der Waals surface area contributed by atoms with Gasteiger partial charge in [0.25, 0.3) is 0 Å². The summed E-state index contributed by atoms with van der Waals surface area (Å²) in [4.78, 5) is 19.2. The molecule has 0 bridgehead atoms. The molecule has 0 radical (unpaired) electrons. The van der Waals surface area contributed by atoms with Crippen molar-refractivity contribution in [3.8, 4) is 16.9 Å². The van der Waals surface area contributed by atoms with E-state index >= 15 is 0 Å². The third-order valence-electron chi connectivity index (χ3n) is 5.10. The summed E-state index contributed by atoms with van der Waals surface area (Å²) in [7, 11) is 1.60. The number of aromatic hydroxyl groups is 1. The molecule has 6 nitrogen and oxygen atoms in total. The summed E-state index contributed by atoms with van der Waals surface area (Å²) >= 11 is 0. The lowest BCUT2D eigenvalue weighted by atomic mass is 9.93. The Morgan fingerprint density at radius 3 is 2.89 bits per heavy atom. The first-order chi connectivity index (χ1) is 13.5. The number of allylic oxidation sites excluding steroid dienone is 1. The molecular weight excluding hydrogens is 359 g/mol. The number of amides is 2. The average molecular weight is 380 g/mol. The lowest BCUT2D eigenvalue weighted by Crippen LogP contribution is -2.41. The quantitative estimate of drug-likeness (QED) is 0.555. The maximum Gasteiger partial charge on any atom is 0.314 e. The molecule has 2 heterocycles. The minimum atomic E-state index is -0.404. The number of aromatic amines is 1. The summed E-state index contributed by atoms with van der Waals surface area (Å²) < 4.78 is 13.7. The van der Waals surface area contributed by atoms with Crippen LogP contribution in [0.4, 0.5) is 9.18 Å². The Morgan fingerprint density at radius 2 is 2.14 bits per heavy atom. The molecule has 0 aliphatic heterocycles. The highest BCUT2D eigenvalue weighted by atomic mass is 19.1. The third-order valence-corrected chi connectivity index (χ3v) is 5.10. The van der Waals surface area contributed by atoms with Crippen LogP contribution in [0.15, 0.2) is 42.6 Å². The maximum atomic E-state index is 13.7. The highest BCUT2D eigenvalue weighted by Gasteiger charge is 2.19. The number of H-pyrrole nitrogens is 1. The zero-order chi connectivity index (χ0) is 19.7. The molecule has 7 heteroatoms.